The number of nitrogens with zero attached hydrogens (tertiary/aromatic N) is 1. The van der Waals surface area contributed by atoms with Crippen molar-refractivity contribution in [3.05, 3.63) is 35.4 Å². The van der Waals surface area contributed by atoms with Gasteiger partial charge in [0.1, 0.15) is 0 Å². The smallest absolute Gasteiger partial charge is 0.0233 e. The van der Waals surface area contributed by atoms with Gasteiger partial charge in [-0.3, -0.25) is 4.90 Å². The Hall–Kier alpha value is -0.860. The first kappa shape index (κ1) is 15.5. The topological polar surface area (TPSA) is 29.3 Å². The van der Waals surface area contributed by atoms with Crippen LogP contribution in [0.3, 0.4) is 0 Å². The standard InChI is InChI=1S/C18H30N2/c1-18(2,3)17-8-6-16(7-9-17)14-20-12-4-5-15(13-20)10-11-19/h6-9,15H,4-5,10-14,19H2,1-3H3. The van der Waals surface area contributed by atoms with Crippen LogP contribution in [0.2, 0.25) is 0 Å². The van der Waals surface area contributed by atoms with Gasteiger partial charge in [0.2, 0.25) is 0 Å². The van der Waals surface area contributed by atoms with Crippen LogP contribution in [0.25, 0.3) is 0 Å². The summed E-state index contributed by atoms with van der Waals surface area (Å²) in [4.78, 5) is 2.59. The summed E-state index contributed by atoms with van der Waals surface area (Å²) in [6.07, 6.45) is 3.86. The molecule has 0 bridgehead atoms. The molecule has 0 aromatic heterocycles. The maximum atomic E-state index is 5.70. The fourth-order valence-corrected chi connectivity index (χ4v) is 3.13. The fraction of sp³-hybridized carbons (Fsp3) is 0.667. The van der Waals surface area contributed by atoms with Crippen molar-refractivity contribution < 1.29 is 0 Å². The van der Waals surface area contributed by atoms with Gasteiger partial charge in [-0.25, -0.2) is 0 Å². The third kappa shape index (κ3) is 4.32. The molecule has 1 aliphatic heterocycles. The minimum Gasteiger partial charge on any atom is -0.330 e. The van der Waals surface area contributed by atoms with E-state index < -0.39 is 0 Å². The molecule has 0 aliphatic carbocycles. The van der Waals surface area contributed by atoms with Crippen LogP contribution >= 0.6 is 0 Å². The molecule has 1 saturated heterocycles. The highest BCUT2D eigenvalue weighted by atomic mass is 15.1. The van der Waals surface area contributed by atoms with Gasteiger partial charge in [0.25, 0.3) is 0 Å². The highest BCUT2D eigenvalue weighted by Crippen LogP contribution is 2.24. The summed E-state index contributed by atoms with van der Waals surface area (Å²) >= 11 is 0. The Morgan fingerprint density at radius 3 is 2.50 bits per heavy atom. The minimum absolute atomic E-state index is 0.246. The predicted molar refractivity (Wildman–Crippen MR) is 86.8 cm³/mol. The highest BCUT2D eigenvalue weighted by molar-refractivity contribution is 5.27. The SMILES string of the molecule is CC(C)(C)c1ccc(CN2CCCC(CCN)C2)cc1. The number of rotatable bonds is 4. The van der Waals surface area contributed by atoms with Crippen LogP contribution in [-0.4, -0.2) is 24.5 Å². The summed E-state index contributed by atoms with van der Waals surface area (Å²) in [5.41, 5.74) is 8.80. The van der Waals surface area contributed by atoms with Crippen molar-refractivity contribution in [2.75, 3.05) is 19.6 Å². The van der Waals surface area contributed by atoms with Gasteiger partial charge in [-0.1, -0.05) is 45.0 Å². The van der Waals surface area contributed by atoms with E-state index in [0.29, 0.717) is 0 Å². The molecule has 20 heavy (non-hydrogen) atoms. The number of likely N-dealkylation sites (tertiary alicyclic amines) is 1. The Bertz CT molecular complexity index is 400. The molecule has 0 saturated carbocycles. The van der Waals surface area contributed by atoms with Gasteiger partial charge >= 0.3 is 0 Å². The van der Waals surface area contributed by atoms with Crippen LogP contribution in [0.1, 0.15) is 51.2 Å². The molecule has 0 radical (unpaired) electrons. The van der Waals surface area contributed by atoms with Crippen molar-refractivity contribution in [3.8, 4) is 0 Å². The molecule has 1 heterocycles. The molecule has 2 N–H and O–H groups in total. The first-order chi connectivity index (χ1) is 9.49. The summed E-state index contributed by atoms with van der Waals surface area (Å²) in [7, 11) is 0. The van der Waals surface area contributed by atoms with Gasteiger partial charge in [-0.2, -0.15) is 0 Å². The normalized spacial score (nSPS) is 21.1. The lowest BCUT2D eigenvalue weighted by molar-refractivity contribution is 0.163. The van der Waals surface area contributed by atoms with Crippen molar-refractivity contribution in [2.45, 2.75) is 52.0 Å². The van der Waals surface area contributed by atoms with Crippen molar-refractivity contribution in [3.63, 3.8) is 0 Å². The second kappa shape index (κ2) is 6.73. The molecule has 1 fully saturated rings. The average Bonchev–Trinajstić information content (AvgIpc) is 2.39. The predicted octanol–water partition coefficient (Wildman–Crippen LogP) is 3.54. The molecule has 1 aliphatic rings. The number of nitrogens with two attached hydrogens (primary N) is 1. The van der Waals surface area contributed by atoms with Crippen LogP contribution in [0.15, 0.2) is 24.3 Å². The molecule has 1 unspecified atom stereocenters. The lowest BCUT2D eigenvalue weighted by Gasteiger charge is -2.32. The van der Waals surface area contributed by atoms with Crippen LogP contribution in [0, 0.1) is 5.92 Å². The molecule has 1 atom stereocenters. The van der Waals surface area contributed by atoms with E-state index in [1.165, 1.54) is 43.5 Å². The van der Waals surface area contributed by atoms with E-state index in [2.05, 4.69) is 49.9 Å². The zero-order valence-corrected chi connectivity index (χ0v) is 13.4. The third-order valence-electron chi connectivity index (χ3n) is 4.40. The lowest BCUT2D eigenvalue weighted by Crippen LogP contribution is -2.35. The minimum atomic E-state index is 0.246. The van der Waals surface area contributed by atoms with E-state index in [4.69, 9.17) is 5.73 Å². The molecular formula is C18H30N2. The molecule has 0 amide bonds. The Kier molecular flexibility index (Phi) is 5.22. The quantitative estimate of drug-likeness (QED) is 0.910. The summed E-state index contributed by atoms with van der Waals surface area (Å²) in [5.74, 6) is 0.808. The Morgan fingerprint density at radius 2 is 1.90 bits per heavy atom. The van der Waals surface area contributed by atoms with Crippen LogP contribution in [0.5, 0.6) is 0 Å². The first-order valence-electron chi connectivity index (χ1n) is 8.01. The molecular weight excluding hydrogens is 244 g/mol. The van der Waals surface area contributed by atoms with E-state index in [0.717, 1.165) is 19.0 Å². The molecule has 0 spiro atoms. The zero-order chi connectivity index (χ0) is 14.6. The highest BCUT2D eigenvalue weighted by Gasteiger charge is 2.19. The molecule has 2 rings (SSSR count). The number of hydrogen-bond donors (Lipinski definition) is 1. The van der Waals surface area contributed by atoms with E-state index in [-0.39, 0.29) is 5.41 Å². The van der Waals surface area contributed by atoms with Crippen molar-refractivity contribution in [1.82, 2.24) is 4.90 Å². The summed E-state index contributed by atoms with van der Waals surface area (Å²) in [5, 5.41) is 0. The Morgan fingerprint density at radius 1 is 1.20 bits per heavy atom. The molecule has 112 valence electrons. The van der Waals surface area contributed by atoms with Crippen LogP contribution < -0.4 is 5.73 Å². The summed E-state index contributed by atoms with van der Waals surface area (Å²) in [6, 6.07) is 9.17. The number of hydrogen-bond acceptors (Lipinski definition) is 2. The number of benzene rings is 1. The maximum absolute atomic E-state index is 5.70. The molecule has 1 aromatic rings. The lowest BCUT2D eigenvalue weighted by atomic mass is 9.86. The molecule has 2 heteroatoms. The van der Waals surface area contributed by atoms with Gasteiger partial charge in [-0.15, -0.1) is 0 Å². The second-order valence-corrected chi connectivity index (χ2v) is 7.27. The van der Waals surface area contributed by atoms with E-state index >= 15 is 0 Å². The second-order valence-electron chi connectivity index (χ2n) is 7.27. The third-order valence-corrected chi connectivity index (χ3v) is 4.40. The first-order valence-corrected chi connectivity index (χ1v) is 8.01. The monoisotopic (exact) mass is 274 g/mol. The largest absolute Gasteiger partial charge is 0.330 e. The van der Waals surface area contributed by atoms with Gasteiger partial charge in [0.15, 0.2) is 0 Å². The van der Waals surface area contributed by atoms with Crippen LogP contribution in [0.4, 0.5) is 0 Å². The summed E-state index contributed by atoms with van der Waals surface area (Å²) in [6.45, 7) is 11.2. The van der Waals surface area contributed by atoms with E-state index in [9.17, 15) is 0 Å². The number of piperidine rings is 1. The zero-order valence-electron chi connectivity index (χ0n) is 13.4. The van der Waals surface area contributed by atoms with E-state index in [1.807, 2.05) is 0 Å². The Labute approximate surface area is 124 Å². The average molecular weight is 274 g/mol. The van der Waals surface area contributed by atoms with Gasteiger partial charge < -0.3 is 5.73 Å². The van der Waals surface area contributed by atoms with Crippen molar-refractivity contribution >= 4 is 0 Å². The van der Waals surface area contributed by atoms with Crippen molar-refractivity contribution in [1.29, 1.82) is 0 Å². The maximum Gasteiger partial charge on any atom is 0.0233 e. The van der Waals surface area contributed by atoms with E-state index in [1.54, 1.807) is 0 Å². The van der Waals surface area contributed by atoms with Gasteiger partial charge in [0.05, 0.1) is 0 Å². The fourth-order valence-electron chi connectivity index (χ4n) is 3.13. The summed E-state index contributed by atoms with van der Waals surface area (Å²) < 4.78 is 0. The Balaban J connectivity index is 1.93. The van der Waals surface area contributed by atoms with Crippen molar-refractivity contribution in [2.24, 2.45) is 11.7 Å². The van der Waals surface area contributed by atoms with Gasteiger partial charge in [0, 0.05) is 13.1 Å². The molecule has 2 nitrogen and oxygen atoms in total. The molecule has 1 aromatic carbocycles. The van der Waals surface area contributed by atoms with Crippen LogP contribution in [-0.2, 0) is 12.0 Å². The van der Waals surface area contributed by atoms with Gasteiger partial charge in [-0.05, 0) is 54.8 Å².